The van der Waals surface area contributed by atoms with Gasteiger partial charge in [-0.15, -0.1) is 0 Å². The van der Waals surface area contributed by atoms with Crippen molar-refractivity contribution in [3.63, 3.8) is 0 Å². The van der Waals surface area contributed by atoms with E-state index in [0.717, 1.165) is 37.4 Å². The zero-order valence-corrected chi connectivity index (χ0v) is 23.8. The van der Waals surface area contributed by atoms with E-state index in [1.165, 1.54) is 22.0 Å². The van der Waals surface area contributed by atoms with Crippen LogP contribution in [0.25, 0.3) is 0 Å². The Hall–Kier alpha value is -2.84. The third-order valence-corrected chi connectivity index (χ3v) is 8.69. The van der Waals surface area contributed by atoms with Crippen LogP contribution in [0, 0.1) is 0 Å². The van der Waals surface area contributed by atoms with Crippen LogP contribution in [0.1, 0.15) is 45.8 Å². The maximum atomic E-state index is 13.3. The Kier molecular flexibility index (Phi) is 7.55. The molecule has 39 heavy (non-hydrogen) atoms. The highest BCUT2D eigenvalue weighted by Crippen LogP contribution is 2.35. The van der Waals surface area contributed by atoms with Crippen molar-refractivity contribution in [2.24, 2.45) is 0 Å². The molecule has 1 N–H and O–H groups in total. The molecule has 14 heteroatoms. The van der Waals surface area contributed by atoms with E-state index in [9.17, 15) is 14.4 Å². The highest BCUT2D eigenvalue weighted by Gasteiger charge is 2.41. The predicted molar refractivity (Wildman–Crippen MR) is 167 cm³/mol. The Morgan fingerprint density at radius 1 is 1.08 bits per heavy atom. The van der Waals surface area contributed by atoms with Gasteiger partial charge >= 0.3 is 0 Å². The molecule has 2 unspecified atom stereocenters. The summed E-state index contributed by atoms with van der Waals surface area (Å²) in [6, 6.07) is 7.15. The molecule has 0 aliphatic carbocycles. The smallest absolute Gasteiger partial charge is 0.255 e. The first-order valence-corrected chi connectivity index (χ1v) is 13.9. The van der Waals surface area contributed by atoms with E-state index in [4.69, 9.17) is 9.47 Å². The van der Waals surface area contributed by atoms with Gasteiger partial charge in [-0.05, 0) is 29.7 Å². The zero-order chi connectivity index (χ0) is 28.1. The van der Waals surface area contributed by atoms with Crippen LogP contribution in [0.4, 0.5) is 0 Å². The Labute approximate surface area is 235 Å². The van der Waals surface area contributed by atoms with Crippen molar-refractivity contribution in [2.45, 2.75) is 36.8 Å². The van der Waals surface area contributed by atoms with Gasteiger partial charge in [0.15, 0.2) is 15.7 Å². The molecule has 5 rings (SSSR count). The van der Waals surface area contributed by atoms with E-state index in [-0.39, 0.29) is 24.8 Å². The standard InChI is InChI=1S/C25H33B6N3O5/c26-15-10-13(22(29)33-6-8-38-9-7-33)20(27)21(28)19(15)25(30,31)39-17-3-1-2-12-14(17)11-34(24(12)37)16-4-5-18(35)32-23(16)36/h1-3,10,16,22H,4-9,11,26-31H2,(H,32,35,36). The predicted octanol–water partition coefficient (Wildman–Crippen LogP) is -6.36. The topological polar surface area (TPSA) is 88.2 Å². The first-order chi connectivity index (χ1) is 18.5. The SMILES string of the molecule is Bc1cc(C(B)N2CCOCC2)c(B)c(B)c1C(B)(B)Oc1cccc2c1CN(C1CCC(=O)NC1=O)C2=O. The van der Waals surface area contributed by atoms with Crippen LogP contribution in [-0.2, 0) is 26.3 Å². The number of hydrogen-bond acceptors (Lipinski definition) is 6. The molecule has 3 amide bonds. The van der Waals surface area contributed by atoms with Crippen LogP contribution >= 0.6 is 0 Å². The molecular weight excluding hydrogens is 487 g/mol. The Morgan fingerprint density at radius 2 is 1.79 bits per heavy atom. The fourth-order valence-corrected chi connectivity index (χ4v) is 6.61. The molecule has 2 saturated heterocycles. The number of nitrogens with one attached hydrogen (secondary N) is 1. The fourth-order valence-electron chi connectivity index (χ4n) is 6.61. The molecule has 2 atom stereocenters. The van der Waals surface area contributed by atoms with Crippen LogP contribution in [0.15, 0.2) is 24.3 Å². The summed E-state index contributed by atoms with van der Waals surface area (Å²) in [5, 5.41) is 1.70. The normalized spacial score (nSPS) is 21.0. The van der Waals surface area contributed by atoms with Crippen LogP contribution in [-0.4, -0.2) is 107 Å². The van der Waals surface area contributed by atoms with Crippen molar-refractivity contribution < 1.29 is 23.9 Å². The summed E-state index contributed by atoms with van der Waals surface area (Å²) in [5.74, 6) is 0.0298. The minimum absolute atomic E-state index is 0.201. The molecule has 196 valence electrons. The average Bonchev–Trinajstić information content (AvgIpc) is 3.23. The number of rotatable bonds is 6. The summed E-state index contributed by atoms with van der Waals surface area (Å²) < 4.78 is 12.3. The third kappa shape index (κ3) is 5.09. The molecule has 2 fully saturated rings. The van der Waals surface area contributed by atoms with E-state index >= 15 is 0 Å². The number of ether oxygens (including phenoxy) is 2. The molecule has 0 radical (unpaired) electrons. The molecule has 3 heterocycles. The second-order valence-corrected chi connectivity index (χ2v) is 11.5. The fraction of sp³-hybridized carbons (Fsp3) is 0.400. The van der Waals surface area contributed by atoms with Gasteiger partial charge in [0.1, 0.15) is 43.2 Å². The van der Waals surface area contributed by atoms with Gasteiger partial charge < -0.3 is 14.4 Å². The molecular formula is C25H33B6N3O5. The number of amides is 3. The zero-order valence-electron chi connectivity index (χ0n) is 23.8. The van der Waals surface area contributed by atoms with Gasteiger partial charge in [0.25, 0.3) is 5.91 Å². The minimum Gasteiger partial charge on any atom is -0.501 e. The molecule has 0 aromatic heterocycles. The Balaban J connectivity index is 1.42. The number of morpholine rings is 1. The van der Waals surface area contributed by atoms with Crippen molar-refractivity contribution in [3.05, 3.63) is 46.5 Å². The minimum atomic E-state index is -0.667. The molecule has 0 saturated carbocycles. The van der Waals surface area contributed by atoms with Crippen LogP contribution in [0.5, 0.6) is 5.75 Å². The van der Waals surface area contributed by atoms with Crippen LogP contribution in [0.2, 0.25) is 0 Å². The van der Waals surface area contributed by atoms with E-state index in [1.807, 2.05) is 12.1 Å². The number of imide groups is 1. The lowest BCUT2D eigenvalue weighted by atomic mass is 9.53. The molecule has 2 aromatic carbocycles. The number of nitrogens with zero attached hydrogens (tertiary/aromatic N) is 2. The number of carbonyl (C=O) groups is 3. The van der Waals surface area contributed by atoms with E-state index in [0.29, 0.717) is 23.7 Å². The summed E-state index contributed by atoms with van der Waals surface area (Å²) in [4.78, 5) is 41.5. The van der Waals surface area contributed by atoms with E-state index in [1.54, 1.807) is 11.0 Å². The van der Waals surface area contributed by atoms with Gasteiger partial charge in [0.2, 0.25) is 11.8 Å². The number of benzene rings is 2. The van der Waals surface area contributed by atoms with Crippen molar-refractivity contribution in [1.29, 1.82) is 0 Å². The van der Waals surface area contributed by atoms with E-state index < -0.39 is 17.3 Å². The van der Waals surface area contributed by atoms with Gasteiger partial charge in [-0.2, -0.15) is 0 Å². The van der Waals surface area contributed by atoms with E-state index in [2.05, 4.69) is 63.4 Å². The van der Waals surface area contributed by atoms with Crippen molar-refractivity contribution in [3.8, 4) is 5.75 Å². The number of fused-ring (bicyclic) bond motifs is 1. The molecule has 3 aliphatic heterocycles. The lowest BCUT2D eigenvalue weighted by Gasteiger charge is -2.37. The van der Waals surface area contributed by atoms with Crippen LogP contribution < -0.4 is 26.4 Å². The first-order valence-electron chi connectivity index (χ1n) is 13.9. The van der Waals surface area contributed by atoms with Gasteiger partial charge in [0, 0.05) is 36.6 Å². The third-order valence-electron chi connectivity index (χ3n) is 8.69. The van der Waals surface area contributed by atoms with Crippen molar-refractivity contribution in [2.75, 3.05) is 26.3 Å². The lowest BCUT2D eigenvalue weighted by Crippen LogP contribution is -2.52. The number of carbonyl (C=O) groups excluding carboxylic acids is 3. The highest BCUT2D eigenvalue weighted by atomic mass is 16.5. The highest BCUT2D eigenvalue weighted by molar-refractivity contribution is 6.54. The maximum Gasteiger partial charge on any atom is 0.255 e. The van der Waals surface area contributed by atoms with Crippen molar-refractivity contribution in [1.82, 2.24) is 15.1 Å². The van der Waals surface area contributed by atoms with Crippen molar-refractivity contribution >= 4 is 81.2 Å². The summed E-state index contributed by atoms with van der Waals surface area (Å²) in [6.45, 7) is 3.68. The quantitative estimate of drug-likeness (QED) is 0.301. The van der Waals surface area contributed by atoms with Gasteiger partial charge in [-0.3, -0.25) is 24.6 Å². The maximum absolute atomic E-state index is 13.3. The summed E-state index contributed by atoms with van der Waals surface area (Å²) in [7, 11) is 12.9. The summed E-state index contributed by atoms with van der Waals surface area (Å²) in [6.07, 6.45) is 0.559. The van der Waals surface area contributed by atoms with Crippen LogP contribution in [0.3, 0.4) is 0 Å². The first kappa shape index (κ1) is 27.7. The molecule has 3 aliphatic rings. The second-order valence-electron chi connectivity index (χ2n) is 11.5. The average molecular weight is 520 g/mol. The summed E-state index contributed by atoms with van der Waals surface area (Å²) >= 11 is 0. The second kappa shape index (κ2) is 10.6. The molecule has 8 nitrogen and oxygen atoms in total. The number of hydrogen-bond donors (Lipinski definition) is 1. The Morgan fingerprint density at radius 3 is 2.49 bits per heavy atom. The van der Waals surface area contributed by atoms with Gasteiger partial charge in [-0.1, -0.05) is 28.5 Å². The number of piperidine rings is 1. The Bertz CT molecular complexity index is 1350. The van der Waals surface area contributed by atoms with Gasteiger partial charge in [-0.25, -0.2) is 0 Å². The molecule has 0 bridgehead atoms. The molecule has 0 spiro atoms. The molecule has 2 aromatic rings. The summed E-state index contributed by atoms with van der Waals surface area (Å²) in [5.41, 5.74) is 7.45. The largest absolute Gasteiger partial charge is 0.501 e. The lowest BCUT2D eigenvalue weighted by molar-refractivity contribution is -0.136. The van der Waals surface area contributed by atoms with Gasteiger partial charge in [0.05, 0.1) is 25.2 Å². The monoisotopic (exact) mass is 521 g/mol.